The van der Waals surface area contributed by atoms with Gasteiger partial charge in [0.05, 0.1) is 16.3 Å². The highest BCUT2D eigenvalue weighted by Crippen LogP contribution is 2.71. The zero-order valence-corrected chi connectivity index (χ0v) is 20.3. The number of unbranched alkanes of at least 4 members (excludes halogenated alkanes) is 1. The standard InChI is InChI=1S/C26H31ClN2O2S/c1-2-3-15-32(30,31)29-14-13-26(20-29)19-25(26,17-22-7-5-4-6-8-22)12-11-21-9-10-23(18-28)24(27)16-21/h4-10,16H,2-3,11-15,17,19-20H2,1H3/t25-,26+/m1/s1. The van der Waals surface area contributed by atoms with Gasteiger partial charge in [0, 0.05) is 13.1 Å². The van der Waals surface area contributed by atoms with Gasteiger partial charge >= 0.3 is 0 Å². The summed E-state index contributed by atoms with van der Waals surface area (Å²) in [5.41, 5.74) is 3.12. The second-order valence-electron chi connectivity index (χ2n) is 9.58. The number of sulfonamides is 1. The van der Waals surface area contributed by atoms with E-state index in [1.807, 2.05) is 25.1 Å². The van der Waals surface area contributed by atoms with E-state index in [4.69, 9.17) is 16.9 Å². The van der Waals surface area contributed by atoms with Crippen molar-refractivity contribution in [1.82, 2.24) is 4.31 Å². The Hall–Kier alpha value is -1.87. The molecular weight excluding hydrogens is 440 g/mol. The number of aryl methyl sites for hydroxylation is 1. The van der Waals surface area contributed by atoms with E-state index in [1.165, 1.54) is 5.56 Å². The smallest absolute Gasteiger partial charge is 0.212 e. The van der Waals surface area contributed by atoms with Crippen molar-refractivity contribution >= 4 is 21.6 Å². The number of halogens is 1. The van der Waals surface area contributed by atoms with E-state index in [2.05, 4.69) is 30.3 Å². The van der Waals surface area contributed by atoms with Crippen LogP contribution in [-0.4, -0.2) is 31.6 Å². The summed E-state index contributed by atoms with van der Waals surface area (Å²) in [6, 6.07) is 18.4. The Bertz CT molecular complexity index is 1110. The van der Waals surface area contributed by atoms with Crippen molar-refractivity contribution in [2.24, 2.45) is 10.8 Å². The van der Waals surface area contributed by atoms with Gasteiger partial charge in [-0.3, -0.25) is 0 Å². The quantitative estimate of drug-likeness (QED) is 0.479. The molecule has 2 aliphatic rings. The van der Waals surface area contributed by atoms with Gasteiger partial charge in [-0.25, -0.2) is 12.7 Å². The normalized spacial score (nSPS) is 25.2. The Morgan fingerprint density at radius 1 is 1.16 bits per heavy atom. The molecule has 1 heterocycles. The fourth-order valence-electron chi connectivity index (χ4n) is 5.58. The lowest BCUT2D eigenvalue weighted by Crippen LogP contribution is -2.32. The van der Waals surface area contributed by atoms with Gasteiger partial charge in [0.25, 0.3) is 0 Å². The molecule has 2 aromatic rings. The molecule has 2 atom stereocenters. The van der Waals surface area contributed by atoms with Crippen molar-refractivity contribution in [1.29, 1.82) is 5.26 Å². The molecule has 170 valence electrons. The second-order valence-corrected chi connectivity index (χ2v) is 12.1. The van der Waals surface area contributed by atoms with Crippen LogP contribution in [0.4, 0.5) is 0 Å². The molecule has 0 aromatic heterocycles. The molecule has 4 nitrogen and oxygen atoms in total. The van der Waals surface area contributed by atoms with Gasteiger partial charge < -0.3 is 0 Å². The first-order chi connectivity index (χ1) is 15.3. The van der Waals surface area contributed by atoms with Gasteiger partial charge in [-0.05, 0) is 72.6 Å². The molecule has 0 radical (unpaired) electrons. The maximum atomic E-state index is 12.8. The first-order valence-corrected chi connectivity index (χ1v) is 13.5. The molecule has 1 saturated carbocycles. The Balaban J connectivity index is 1.53. The summed E-state index contributed by atoms with van der Waals surface area (Å²) in [6.45, 7) is 3.33. The number of rotatable bonds is 9. The summed E-state index contributed by atoms with van der Waals surface area (Å²) in [6.07, 6.45) is 6.47. The van der Waals surface area contributed by atoms with Crippen molar-refractivity contribution in [3.63, 3.8) is 0 Å². The number of hydrogen-bond donors (Lipinski definition) is 0. The van der Waals surface area contributed by atoms with Crippen LogP contribution in [0, 0.1) is 22.2 Å². The molecule has 0 N–H and O–H groups in total. The van der Waals surface area contributed by atoms with Gasteiger partial charge in [-0.1, -0.05) is 61.3 Å². The SMILES string of the molecule is CCCCS(=O)(=O)N1CC[C@@]2(C1)C[C@@]2(CCc1ccc(C#N)c(Cl)c1)Cc1ccccc1. The lowest BCUT2D eigenvalue weighted by Gasteiger charge is -2.24. The summed E-state index contributed by atoms with van der Waals surface area (Å²) < 4.78 is 27.4. The monoisotopic (exact) mass is 470 g/mol. The fourth-order valence-corrected chi connectivity index (χ4v) is 7.55. The van der Waals surface area contributed by atoms with Crippen molar-refractivity contribution in [3.05, 3.63) is 70.2 Å². The molecule has 0 bridgehead atoms. The number of hydrogen-bond acceptors (Lipinski definition) is 3. The zero-order chi connectivity index (χ0) is 22.8. The predicted molar refractivity (Wildman–Crippen MR) is 129 cm³/mol. The van der Waals surface area contributed by atoms with Crippen LogP contribution in [0.1, 0.15) is 55.7 Å². The Kier molecular flexibility index (Phi) is 6.68. The van der Waals surface area contributed by atoms with Crippen molar-refractivity contribution in [2.75, 3.05) is 18.8 Å². The first kappa shape index (κ1) is 23.3. The summed E-state index contributed by atoms with van der Waals surface area (Å²) in [4.78, 5) is 0. The number of nitriles is 1. The highest BCUT2D eigenvalue weighted by atomic mass is 35.5. The lowest BCUT2D eigenvalue weighted by molar-refractivity contribution is 0.318. The van der Waals surface area contributed by atoms with Crippen LogP contribution >= 0.6 is 11.6 Å². The molecule has 1 saturated heterocycles. The average Bonchev–Trinajstić information content (AvgIpc) is 3.13. The average molecular weight is 471 g/mol. The third kappa shape index (κ3) is 4.59. The minimum absolute atomic E-state index is 0.0680. The van der Waals surface area contributed by atoms with Crippen LogP contribution in [0.5, 0.6) is 0 Å². The molecule has 2 aromatic carbocycles. The molecule has 1 spiro atoms. The van der Waals surface area contributed by atoms with E-state index >= 15 is 0 Å². The van der Waals surface area contributed by atoms with Crippen LogP contribution < -0.4 is 0 Å². The molecule has 0 amide bonds. The molecule has 2 fully saturated rings. The zero-order valence-electron chi connectivity index (χ0n) is 18.7. The Labute approximate surface area is 197 Å². The van der Waals surface area contributed by atoms with Gasteiger partial charge in [-0.15, -0.1) is 0 Å². The second kappa shape index (κ2) is 9.17. The number of nitrogens with zero attached hydrogens (tertiary/aromatic N) is 2. The van der Waals surface area contributed by atoms with E-state index in [1.54, 1.807) is 10.4 Å². The van der Waals surface area contributed by atoms with Crippen molar-refractivity contribution in [2.45, 2.75) is 51.9 Å². The molecule has 1 aliphatic heterocycles. The van der Waals surface area contributed by atoms with Crippen molar-refractivity contribution < 1.29 is 8.42 Å². The van der Waals surface area contributed by atoms with Crippen molar-refractivity contribution in [3.8, 4) is 6.07 Å². The highest BCUT2D eigenvalue weighted by Gasteiger charge is 2.68. The first-order valence-electron chi connectivity index (χ1n) is 11.5. The minimum Gasteiger partial charge on any atom is -0.212 e. The lowest BCUT2D eigenvalue weighted by atomic mass is 9.82. The van der Waals surface area contributed by atoms with Crippen LogP contribution in [0.2, 0.25) is 5.02 Å². The van der Waals surface area contributed by atoms with Gasteiger partial charge in [-0.2, -0.15) is 5.26 Å². The highest BCUT2D eigenvalue weighted by molar-refractivity contribution is 7.89. The van der Waals surface area contributed by atoms with E-state index < -0.39 is 10.0 Å². The fraction of sp³-hybridized carbons (Fsp3) is 0.500. The summed E-state index contributed by atoms with van der Waals surface area (Å²) in [7, 11) is -3.17. The summed E-state index contributed by atoms with van der Waals surface area (Å²) in [5.74, 6) is 0.259. The third-order valence-electron chi connectivity index (χ3n) is 7.58. The third-order valence-corrected chi connectivity index (χ3v) is 9.79. The maximum absolute atomic E-state index is 12.8. The van der Waals surface area contributed by atoms with E-state index in [0.29, 0.717) is 23.7 Å². The van der Waals surface area contributed by atoms with Crippen LogP contribution in [0.15, 0.2) is 48.5 Å². The van der Waals surface area contributed by atoms with Gasteiger partial charge in [0.1, 0.15) is 6.07 Å². The Morgan fingerprint density at radius 3 is 2.62 bits per heavy atom. The van der Waals surface area contributed by atoms with E-state index in [-0.39, 0.29) is 16.6 Å². The largest absolute Gasteiger partial charge is 0.214 e. The maximum Gasteiger partial charge on any atom is 0.214 e. The Morgan fingerprint density at radius 2 is 1.94 bits per heavy atom. The van der Waals surface area contributed by atoms with Crippen LogP contribution in [-0.2, 0) is 22.9 Å². The molecule has 32 heavy (non-hydrogen) atoms. The van der Waals surface area contributed by atoms with E-state index in [0.717, 1.165) is 50.5 Å². The molecule has 1 aliphatic carbocycles. The predicted octanol–water partition coefficient (Wildman–Crippen LogP) is 5.60. The van der Waals surface area contributed by atoms with Crippen LogP contribution in [0.3, 0.4) is 0 Å². The molecule has 6 heteroatoms. The number of benzene rings is 2. The van der Waals surface area contributed by atoms with Gasteiger partial charge in [0.15, 0.2) is 0 Å². The summed E-state index contributed by atoms with van der Waals surface area (Å²) >= 11 is 6.26. The molecule has 0 unspecified atom stereocenters. The van der Waals surface area contributed by atoms with Crippen LogP contribution in [0.25, 0.3) is 0 Å². The minimum atomic E-state index is -3.17. The molecule has 4 rings (SSSR count). The summed E-state index contributed by atoms with van der Waals surface area (Å²) in [5, 5.41) is 9.64. The molecular formula is C26H31ClN2O2S. The topological polar surface area (TPSA) is 61.2 Å². The van der Waals surface area contributed by atoms with Gasteiger partial charge in [0.2, 0.25) is 10.0 Å². The van der Waals surface area contributed by atoms with E-state index in [9.17, 15) is 8.42 Å².